The van der Waals surface area contributed by atoms with Crippen molar-refractivity contribution in [3.63, 3.8) is 0 Å². The van der Waals surface area contributed by atoms with Crippen molar-refractivity contribution in [1.29, 1.82) is 0 Å². The van der Waals surface area contributed by atoms with Gasteiger partial charge in [0, 0.05) is 22.5 Å². The molecule has 1 aliphatic rings. The lowest BCUT2D eigenvalue weighted by Gasteiger charge is -2.33. The third kappa shape index (κ3) is 6.61. The second-order valence-corrected chi connectivity index (χ2v) is 15.7. The molecule has 2 heterocycles. The summed E-state index contributed by atoms with van der Waals surface area (Å²) in [6, 6.07) is 70.4. The van der Waals surface area contributed by atoms with E-state index in [1.165, 1.54) is 50.2 Å². The predicted molar refractivity (Wildman–Crippen MR) is 247 cm³/mol. The molecule has 10 rings (SSSR count). The van der Waals surface area contributed by atoms with E-state index in [1.54, 1.807) is 0 Å². The third-order valence-corrected chi connectivity index (χ3v) is 11.5. The number of ether oxygens (including phenoxy) is 1. The van der Waals surface area contributed by atoms with Crippen molar-refractivity contribution in [2.45, 2.75) is 27.7 Å². The van der Waals surface area contributed by atoms with Gasteiger partial charge in [0.1, 0.15) is 0 Å². The van der Waals surface area contributed by atoms with E-state index in [0.717, 1.165) is 62.2 Å². The molecule has 0 saturated carbocycles. The van der Waals surface area contributed by atoms with E-state index in [4.69, 9.17) is 4.74 Å². The van der Waals surface area contributed by atoms with Crippen LogP contribution in [0, 0.1) is 27.7 Å². The molecule has 0 N–H and O–H groups in total. The van der Waals surface area contributed by atoms with Crippen molar-refractivity contribution in [3.8, 4) is 73.1 Å². The molecule has 3 nitrogen and oxygen atoms in total. The molecule has 9 aromatic rings. The summed E-state index contributed by atoms with van der Waals surface area (Å²) < 4.78 is 9.17. The standard InChI is InChI=1S/C56H44N2O/c1-37-15-22-44(23-16-37)55-53(42-11-7-5-8-12-42)54(43-13-9-6-10-14-43)56(58(55)48-31-19-39(3)20-32-48)45-26-24-41(25-27-45)46-28-34-50-52(36-46)59-51-35-40(4)21-33-49(51)57(50)47-29-17-38(2)18-30-47/h5-36H,1-4H3. The predicted octanol–water partition coefficient (Wildman–Crippen LogP) is 15.6. The fourth-order valence-corrected chi connectivity index (χ4v) is 8.44. The van der Waals surface area contributed by atoms with Crippen molar-refractivity contribution in [1.82, 2.24) is 4.57 Å². The number of hydrogen-bond donors (Lipinski definition) is 0. The van der Waals surface area contributed by atoms with Crippen molar-refractivity contribution in [3.05, 3.63) is 216 Å². The molecular weight excluding hydrogens is 717 g/mol. The Kier molecular flexibility index (Phi) is 9.07. The fourth-order valence-electron chi connectivity index (χ4n) is 8.44. The summed E-state index contributed by atoms with van der Waals surface area (Å²) in [6.45, 7) is 8.53. The lowest BCUT2D eigenvalue weighted by atomic mass is 9.91. The summed E-state index contributed by atoms with van der Waals surface area (Å²) >= 11 is 0. The lowest BCUT2D eigenvalue weighted by Crippen LogP contribution is -2.16. The smallest absolute Gasteiger partial charge is 0.152 e. The van der Waals surface area contributed by atoms with Gasteiger partial charge < -0.3 is 14.2 Å². The zero-order valence-corrected chi connectivity index (χ0v) is 33.8. The van der Waals surface area contributed by atoms with Gasteiger partial charge in [-0.1, -0.05) is 162 Å². The van der Waals surface area contributed by atoms with Crippen LogP contribution >= 0.6 is 0 Å². The first kappa shape index (κ1) is 36.0. The van der Waals surface area contributed by atoms with Gasteiger partial charge in [0.25, 0.3) is 0 Å². The molecule has 0 amide bonds. The molecule has 59 heavy (non-hydrogen) atoms. The van der Waals surface area contributed by atoms with Crippen LogP contribution in [0.2, 0.25) is 0 Å². The van der Waals surface area contributed by atoms with Crippen LogP contribution in [0.5, 0.6) is 11.5 Å². The first-order valence-electron chi connectivity index (χ1n) is 20.3. The lowest BCUT2D eigenvalue weighted by molar-refractivity contribution is 0.477. The average molecular weight is 761 g/mol. The summed E-state index contributed by atoms with van der Waals surface area (Å²) in [5.74, 6) is 1.69. The minimum Gasteiger partial charge on any atom is -0.453 e. The number of nitrogens with zero attached hydrogens (tertiary/aromatic N) is 2. The zero-order valence-electron chi connectivity index (χ0n) is 33.8. The quantitative estimate of drug-likeness (QED) is 0.161. The van der Waals surface area contributed by atoms with Crippen molar-refractivity contribution >= 4 is 17.1 Å². The Bertz CT molecular complexity index is 2940. The first-order chi connectivity index (χ1) is 28.9. The second kappa shape index (κ2) is 14.9. The third-order valence-electron chi connectivity index (χ3n) is 11.5. The Balaban J connectivity index is 1.16. The van der Waals surface area contributed by atoms with Crippen LogP contribution in [0.3, 0.4) is 0 Å². The normalized spacial score (nSPS) is 11.8. The summed E-state index contributed by atoms with van der Waals surface area (Å²) in [6.07, 6.45) is 0. The monoisotopic (exact) mass is 760 g/mol. The maximum atomic E-state index is 6.69. The number of benzene rings is 8. The van der Waals surface area contributed by atoms with Crippen molar-refractivity contribution < 1.29 is 4.74 Å². The maximum absolute atomic E-state index is 6.69. The van der Waals surface area contributed by atoms with E-state index >= 15 is 0 Å². The van der Waals surface area contributed by atoms with Gasteiger partial charge in [-0.05, 0) is 115 Å². The van der Waals surface area contributed by atoms with E-state index in [0.29, 0.717) is 0 Å². The number of rotatable bonds is 7. The van der Waals surface area contributed by atoms with Gasteiger partial charge in [0.2, 0.25) is 0 Å². The van der Waals surface area contributed by atoms with E-state index in [1.807, 2.05) is 0 Å². The molecule has 0 saturated heterocycles. The van der Waals surface area contributed by atoms with Gasteiger partial charge in [-0.2, -0.15) is 0 Å². The fraction of sp³-hybridized carbons (Fsp3) is 0.0714. The van der Waals surface area contributed by atoms with Crippen LogP contribution in [-0.2, 0) is 0 Å². The van der Waals surface area contributed by atoms with Gasteiger partial charge in [0.15, 0.2) is 11.5 Å². The maximum Gasteiger partial charge on any atom is 0.152 e. The number of anilines is 3. The molecule has 1 aromatic heterocycles. The highest BCUT2D eigenvalue weighted by Gasteiger charge is 2.29. The highest BCUT2D eigenvalue weighted by Crippen LogP contribution is 2.53. The highest BCUT2D eigenvalue weighted by molar-refractivity contribution is 6.03. The zero-order chi connectivity index (χ0) is 40.0. The summed E-state index contributed by atoms with van der Waals surface area (Å²) in [7, 11) is 0. The highest BCUT2D eigenvalue weighted by atomic mass is 16.5. The summed E-state index contributed by atoms with van der Waals surface area (Å²) in [4.78, 5) is 2.31. The van der Waals surface area contributed by atoms with Gasteiger partial charge in [0.05, 0.1) is 22.8 Å². The Labute approximate surface area is 347 Å². The van der Waals surface area contributed by atoms with Crippen LogP contribution in [0.25, 0.3) is 61.6 Å². The Morgan fingerprint density at radius 1 is 0.322 bits per heavy atom. The topological polar surface area (TPSA) is 17.4 Å². The van der Waals surface area contributed by atoms with Crippen LogP contribution in [0.15, 0.2) is 194 Å². The molecule has 0 atom stereocenters. The molecule has 0 spiro atoms. The molecule has 0 bridgehead atoms. The van der Waals surface area contributed by atoms with Crippen LogP contribution in [0.1, 0.15) is 22.3 Å². The summed E-state index contributed by atoms with van der Waals surface area (Å²) in [5.41, 5.74) is 20.7. The SMILES string of the molecule is Cc1ccc(-c2c(-c3ccccc3)c(-c3ccccc3)c(-c3ccc(-c4ccc5c(c4)Oc4cc(C)ccc4N5c4ccc(C)cc4)cc3)n2-c2ccc(C)cc2)cc1. The van der Waals surface area contributed by atoms with Gasteiger partial charge in [-0.3, -0.25) is 0 Å². The van der Waals surface area contributed by atoms with Gasteiger partial charge in [-0.25, -0.2) is 0 Å². The van der Waals surface area contributed by atoms with E-state index in [-0.39, 0.29) is 0 Å². The van der Waals surface area contributed by atoms with E-state index < -0.39 is 0 Å². The molecule has 284 valence electrons. The molecule has 0 unspecified atom stereocenters. The molecule has 0 aliphatic carbocycles. The molecule has 0 fully saturated rings. The van der Waals surface area contributed by atoms with Crippen LogP contribution in [-0.4, -0.2) is 4.57 Å². The minimum atomic E-state index is 0.833. The van der Waals surface area contributed by atoms with Gasteiger partial charge >= 0.3 is 0 Å². The number of aromatic nitrogens is 1. The summed E-state index contributed by atoms with van der Waals surface area (Å²) in [5, 5.41) is 0. The van der Waals surface area contributed by atoms with Crippen LogP contribution < -0.4 is 9.64 Å². The number of hydrogen-bond acceptors (Lipinski definition) is 2. The number of fused-ring (bicyclic) bond motifs is 2. The molecule has 0 radical (unpaired) electrons. The first-order valence-corrected chi connectivity index (χ1v) is 20.3. The van der Waals surface area contributed by atoms with Crippen LogP contribution in [0.4, 0.5) is 17.1 Å². The Hall–Kier alpha value is -7.36. The second-order valence-electron chi connectivity index (χ2n) is 15.7. The average Bonchev–Trinajstić information content (AvgIpc) is 3.63. The number of aryl methyl sites for hydroxylation is 4. The Morgan fingerprint density at radius 3 is 1.27 bits per heavy atom. The van der Waals surface area contributed by atoms with E-state index in [2.05, 4.69) is 231 Å². The molecular formula is C56H44N2O. The molecule has 3 heteroatoms. The minimum absolute atomic E-state index is 0.833. The van der Waals surface area contributed by atoms with Gasteiger partial charge in [-0.15, -0.1) is 0 Å². The van der Waals surface area contributed by atoms with E-state index in [9.17, 15) is 0 Å². The molecule has 8 aromatic carbocycles. The van der Waals surface area contributed by atoms with Crippen molar-refractivity contribution in [2.75, 3.05) is 4.90 Å². The Morgan fingerprint density at radius 2 is 0.729 bits per heavy atom. The van der Waals surface area contributed by atoms with Crippen molar-refractivity contribution in [2.24, 2.45) is 0 Å². The molecule has 1 aliphatic heterocycles. The largest absolute Gasteiger partial charge is 0.453 e.